The van der Waals surface area contributed by atoms with E-state index in [4.69, 9.17) is 5.73 Å². The van der Waals surface area contributed by atoms with E-state index in [0.717, 1.165) is 18.0 Å². The molecular weight excluding hydrogens is 210 g/mol. The van der Waals surface area contributed by atoms with Crippen LogP contribution in [0.5, 0.6) is 0 Å². The minimum atomic E-state index is 0.374. The molecule has 3 heteroatoms. The van der Waals surface area contributed by atoms with Gasteiger partial charge in [0.25, 0.3) is 0 Å². The standard InChI is InChI=1S/C14H27N3/c1-11(15)12-4-2-8-17(10-12)14-6-9-16-7-3-5-13(14)16/h11-14H,2-10,15H2,1H3. The first kappa shape index (κ1) is 11.9. The van der Waals surface area contributed by atoms with Crippen LogP contribution in [0.2, 0.25) is 0 Å². The molecule has 4 atom stereocenters. The number of hydrogen-bond donors (Lipinski definition) is 1. The third-order valence-electron chi connectivity index (χ3n) is 5.27. The molecule has 17 heavy (non-hydrogen) atoms. The van der Waals surface area contributed by atoms with Gasteiger partial charge in [0, 0.05) is 31.2 Å². The number of nitrogens with zero attached hydrogens (tertiary/aromatic N) is 2. The highest BCUT2D eigenvalue weighted by atomic mass is 15.3. The topological polar surface area (TPSA) is 32.5 Å². The van der Waals surface area contributed by atoms with Crippen LogP contribution >= 0.6 is 0 Å². The first-order valence-electron chi connectivity index (χ1n) is 7.49. The van der Waals surface area contributed by atoms with E-state index in [9.17, 15) is 0 Å². The van der Waals surface area contributed by atoms with Crippen LogP contribution in [0.4, 0.5) is 0 Å². The average molecular weight is 237 g/mol. The molecule has 3 aliphatic heterocycles. The minimum Gasteiger partial charge on any atom is -0.328 e. The average Bonchev–Trinajstić information content (AvgIpc) is 2.90. The molecule has 0 bridgehead atoms. The first-order valence-corrected chi connectivity index (χ1v) is 7.49. The fourth-order valence-electron chi connectivity index (χ4n) is 4.25. The SMILES string of the molecule is CC(N)C1CCCN(C2CCN3CCCC23)C1. The van der Waals surface area contributed by atoms with Gasteiger partial charge in [-0.1, -0.05) is 0 Å². The van der Waals surface area contributed by atoms with Crippen LogP contribution in [0.3, 0.4) is 0 Å². The molecule has 0 spiro atoms. The fraction of sp³-hybridized carbons (Fsp3) is 1.00. The van der Waals surface area contributed by atoms with Gasteiger partial charge in [0.1, 0.15) is 0 Å². The molecule has 3 fully saturated rings. The molecule has 98 valence electrons. The molecule has 0 radical (unpaired) electrons. The number of fused-ring (bicyclic) bond motifs is 1. The Morgan fingerprint density at radius 1 is 0.941 bits per heavy atom. The van der Waals surface area contributed by atoms with Gasteiger partial charge in [-0.25, -0.2) is 0 Å². The summed E-state index contributed by atoms with van der Waals surface area (Å²) in [6.45, 7) is 7.45. The van der Waals surface area contributed by atoms with Gasteiger partial charge in [0.2, 0.25) is 0 Å². The summed E-state index contributed by atoms with van der Waals surface area (Å²) in [5, 5.41) is 0. The van der Waals surface area contributed by atoms with Gasteiger partial charge in [-0.15, -0.1) is 0 Å². The Bertz CT molecular complexity index is 266. The van der Waals surface area contributed by atoms with Crippen molar-refractivity contribution in [1.82, 2.24) is 9.80 Å². The molecule has 0 aromatic heterocycles. The summed E-state index contributed by atoms with van der Waals surface area (Å²) in [7, 11) is 0. The highest BCUT2D eigenvalue weighted by Gasteiger charge is 2.41. The number of likely N-dealkylation sites (tertiary alicyclic amines) is 1. The van der Waals surface area contributed by atoms with Gasteiger partial charge >= 0.3 is 0 Å². The van der Waals surface area contributed by atoms with E-state index in [0.29, 0.717) is 6.04 Å². The summed E-state index contributed by atoms with van der Waals surface area (Å²) >= 11 is 0. The third-order valence-corrected chi connectivity index (χ3v) is 5.27. The van der Waals surface area contributed by atoms with Crippen LogP contribution in [0, 0.1) is 5.92 Å². The second-order valence-electron chi connectivity index (χ2n) is 6.36. The van der Waals surface area contributed by atoms with Crippen molar-refractivity contribution in [3.05, 3.63) is 0 Å². The second kappa shape index (κ2) is 4.87. The maximum absolute atomic E-state index is 6.10. The smallest absolute Gasteiger partial charge is 0.0263 e. The number of hydrogen-bond acceptors (Lipinski definition) is 3. The highest BCUT2D eigenvalue weighted by molar-refractivity contribution is 4.98. The summed E-state index contributed by atoms with van der Waals surface area (Å²) in [5.41, 5.74) is 6.10. The molecule has 4 unspecified atom stereocenters. The lowest BCUT2D eigenvalue weighted by atomic mass is 9.90. The van der Waals surface area contributed by atoms with Crippen molar-refractivity contribution in [3.63, 3.8) is 0 Å². The van der Waals surface area contributed by atoms with Crippen molar-refractivity contribution < 1.29 is 0 Å². The molecule has 3 nitrogen and oxygen atoms in total. The van der Waals surface area contributed by atoms with Crippen LogP contribution in [-0.2, 0) is 0 Å². The zero-order valence-corrected chi connectivity index (χ0v) is 11.1. The van der Waals surface area contributed by atoms with Crippen molar-refractivity contribution in [2.24, 2.45) is 11.7 Å². The Labute approximate surface area is 105 Å². The van der Waals surface area contributed by atoms with E-state index in [1.165, 1.54) is 58.3 Å². The monoisotopic (exact) mass is 237 g/mol. The maximum atomic E-state index is 6.10. The van der Waals surface area contributed by atoms with Crippen molar-refractivity contribution in [2.75, 3.05) is 26.2 Å². The molecule has 3 heterocycles. The molecular formula is C14H27N3. The predicted molar refractivity (Wildman–Crippen MR) is 70.9 cm³/mol. The van der Waals surface area contributed by atoms with Crippen molar-refractivity contribution in [1.29, 1.82) is 0 Å². The van der Waals surface area contributed by atoms with Crippen molar-refractivity contribution >= 4 is 0 Å². The van der Waals surface area contributed by atoms with Gasteiger partial charge in [-0.05, 0) is 58.0 Å². The summed E-state index contributed by atoms with van der Waals surface area (Å²) < 4.78 is 0. The van der Waals surface area contributed by atoms with Gasteiger partial charge in [0.15, 0.2) is 0 Å². The van der Waals surface area contributed by atoms with E-state index in [2.05, 4.69) is 16.7 Å². The predicted octanol–water partition coefficient (Wildman–Crippen LogP) is 1.28. The Balaban J connectivity index is 1.63. The van der Waals surface area contributed by atoms with Gasteiger partial charge in [0.05, 0.1) is 0 Å². The summed E-state index contributed by atoms with van der Waals surface area (Å²) in [4.78, 5) is 5.49. The normalized spacial score (nSPS) is 41.6. The third kappa shape index (κ3) is 2.25. The molecule has 0 saturated carbocycles. The number of nitrogens with two attached hydrogens (primary N) is 1. The molecule has 0 aromatic rings. The summed E-state index contributed by atoms with van der Waals surface area (Å²) in [6.07, 6.45) is 6.96. The van der Waals surface area contributed by atoms with E-state index in [1.54, 1.807) is 0 Å². The largest absolute Gasteiger partial charge is 0.328 e. The van der Waals surface area contributed by atoms with E-state index in [1.807, 2.05) is 0 Å². The Kier molecular flexibility index (Phi) is 3.42. The molecule has 0 aliphatic carbocycles. The van der Waals surface area contributed by atoms with E-state index in [-0.39, 0.29) is 0 Å². The Hall–Kier alpha value is -0.120. The lowest BCUT2D eigenvalue weighted by Crippen LogP contribution is -2.50. The molecule has 3 saturated heterocycles. The van der Waals surface area contributed by atoms with Crippen LogP contribution in [0.25, 0.3) is 0 Å². The zero-order valence-electron chi connectivity index (χ0n) is 11.1. The molecule has 0 aromatic carbocycles. The Morgan fingerprint density at radius 2 is 1.65 bits per heavy atom. The van der Waals surface area contributed by atoms with Crippen LogP contribution in [0.15, 0.2) is 0 Å². The Morgan fingerprint density at radius 3 is 2.47 bits per heavy atom. The maximum Gasteiger partial charge on any atom is 0.0263 e. The second-order valence-corrected chi connectivity index (χ2v) is 6.36. The number of piperidine rings is 1. The first-order chi connectivity index (χ1) is 8.25. The molecule has 3 aliphatic rings. The van der Waals surface area contributed by atoms with E-state index < -0.39 is 0 Å². The van der Waals surface area contributed by atoms with Gasteiger partial charge in [-0.3, -0.25) is 9.80 Å². The summed E-state index contributed by atoms with van der Waals surface area (Å²) in [6, 6.07) is 2.10. The van der Waals surface area contributed by atoms with Crippen molar-refractivity contribution in [2.45, 2.75) is 57.2 Å². The van der Waals surface area contributed by atoms with Crippen molar-refractivity contribution in [3.8, 4) is 0 Å². The van der Waals surface area contributed by atoms with Crippen LogP contribution < -0.4 is 5.73 Å². The van der Waals surface area contributed by atoms with Gasteiger partial charge in [-0.2, -0.15) is 0 Å². The van der Waals surface area contributed by atoms with E-state index >= 15 is 0 Å². The van der Waals surface area contributed by atoms with Crippen LogP contribution in [0.1, 0.15) is 39.0 Å². The molecule has 2 N–H and O–H groups in total. The summed E-state index contributed by atoms with van der Waals surface area (Å²) in [5.74, 6) is 0.735. The molecule has 0 amide bonds. The quantitative estimate of drug-likeness (QED) is 0.785. The lowest BCUT2D eigenvalue weighted by molar-refractivity contribution is 0.0957. The zero-order chi connectivity index (χ0) is 11.8. The highest BCUT2D eigenvalue weighted by Crippen LogP contribution is 2.33. The van der Waals surface area contributed by atoms with Gasteiger partial charge < -0.3 is 5.73 Å². The fourth-order valence-corrected chi connectivity index (χ4v) is 4.25. The lowest BCUT2D eigenvalue weighted by Gasteiger charge is -2.40. The molecule has 3 rings (SSSR count). The number of rotatable bonds is 2. The van der Waals surface area contributed by atoms with Crippen LogP contribution in [-0.4, -0.2) is 54.1 Å². The minimum absolute atomic E-state index is 0.374.